The summed E-state index contributed by atoms with van der Waals surface area (Å²) >= 11 is 2.87. The smallest absolute Gasteiger partial charge is 0.270 e. The zero-order chi connectivity index (χ0) is 23.0. The minimum absolute atomic E-state index is 0.145. The highest BCUT2D eigenvalue weighted by Gasteiger charge is 2.19. The van der Waals surface area contributed by atoms with Gasteiger partial charge in [0.25, 0.3) is 5.91 Å². The second kappa shape index (κ2) is 11.2. The fourth-order valence-corrected chi connectivity index (χ4v) is 4.95. The predicted molar refractivity (Wildman–Crippen MR) is 127 cm³/mol. The number of aromatic nitrogens is 4. The number of hydrogen-bond donors (Lipinski definition) is 1. The summed E-state index contributed by atoms with van der Waals surface area (Å²) in [6.45, 7) is 2.82. The van der Waals surface area contributed by atoms with Gasteiger partial charge in [-0.3, -0.25) is 9.36 Å². The van der Waals surface area contributed by atoms with E-state index in [1.165, 1.54) is 48.1 Å². The molecule has 0 spiro atoms. The molecular weight excluding hydrogens is 461 g/mol. The summed E-state index contributed by atoms with van der Waals surface area (Å²) in [6.07, 6.45) is 6.00. The first-order valence-corrected chi connectivity index (χ1v) is 12.6. The van der Waals surface area contributed by atoms with Gasteiger partial charge >= 0.3 is 0 Å². The highest BCUT2D eigenvalue weighted by Crippen LogP contribution is 2.30. The summed E-state index contributed by atoms with van der Waals surface area (Å²) in [6, 6.07) is 9.70. The van der Waals surface area contributed by atoms with Crippen LogP contribution >= 0.6 is 23.1 Å². The normalized spacial score (nSPS) is 11.1. The Morgan fingerprint density at radius 3 is 2.79 bits per heavy atom. The molecule has 7 nitrogen and oxygen atoms in total. The molecule has 4 rings (SSSR count). The van der Waals surface area contributed by atoms with Crippen LogP contribution in [-0.4, -0.2) is 32.2 Å². The Hall–Kier alpha value is -2.98. The van der Waals surface area contributed by atoms with Gasteiger partial charge in [-0.05, 0) is 42.8 Å². The highest BCUT2D eigenvalue weighted by molar-refractivity contribution is 7.98. The first kappa shape index (κ1) is 23.2. The van der Waals surface area contributed by atoms with Crippen molar-refractivity contribution < 1.29 is 13.6 Å². The molecular formula is C23H24FN5O2S2. The molecule has 10 heteroatoms. The van der Waals surface area contributed by atoms with E-state index in [1.807, 2.05) is 4.57 Å². The Morgan fingerprint density at radius 2 is 2.03 bits per heavy atom. The molecule has 33 heavy (non-hydrogen) atoms. The summed E-state index contributed by atoms with van der Waals surface area (Å²) < 4.78 is 20.8. The van der Waals surface area contributed by atoms with Crippen molar-refractivity contribution in [1.82, 2.24) is 25.1 Å². The Labute approximate surface area is 199 Å². The number of amides is 1. The minimum Gasteiger partial charge on any atom is -0.461 e. The second-order valence-electron chi connectivity index (χ2n) is 7.33. The maximum absolute atomic E-state index is 13.5. The number of unbranched alkanes of at least 4 members (excludes halogenated alkanes) is 3. The van der Waals surface area contributed by atoms with Crippen LogP contribution < -0.4 is 5.32 Å². The maximum Gasteiger partial charge on any atom is 0.270 e. The van der Waals surface area contributed by atoms with Gasteiger partial charge in [-0.15, -0.1) is 21.5 Å². The van der Waals surface area contributed by atoms with Crippen LogP contribution in [0.15, 0.2) is 57.6 Å². The standard InChI is InChI=1S/C23H24FN5O2S2/c1-2-3-4-5-12-25-22(30)18-14-32-20(26-18)15-33-23-28-27-21(19-7-6-13-31-19)29(23)17-10-8-16(24)9-11-17/h6-11,13-14H,2-5,12,15H2,1H3,(H,25,30). The number of nitrogens with one attached hydrogen (secondary N) is 1. The Kier molecular flexibility index (Phi) is 7.90. The lowest BCUT2D eigenvalue weighted by atomic mass is 10.2. The van der Waals surface area contributed by atoms with Crippen LogP contribution in [0.1, 0.15) is 48.1 Å². The number of carbonyl (C=O) groups is 1. The van der Waals surface area contributed by atoms with Crippen LogP contribution in [0.4, 0.5) is 4.39 Å². The fraction of sp³-hybridized carbons (Fsp3) is 0.304. The molecule has 4 aromatic rings. The molecule has 0 unspecified atom stereocenters. The summed E-state index contributed by atoms with van der Waals surface area (Å²) in [5, 5.41) is 14.7. The number of rotatable bonds is 11. The molecule has 1 amide bonds. The summed E-state index contributed by atoms with van der Waals surface area (Å²) in [5.41, 5.74) is 1.15. The number of nitrogens with zero attached hydrogens (tertiary/aromatic N) is 4. The molecule has 3 heterocycles. The quantitative estimate of drug-likeness (QED) is 0.216. The van der Waals surface area contributed by atoms with E-state index in [4.69, 9.17) is 4.42 Å². The van der Waals surface area contributed by atoms with E-state index in [9.17, 15) is 9.18 Å². The lowest BCUT2D eigenvalue weighted by Gasteiger charge is -2.08. The number of carbonyl (C=O) groups excluding carboxylic acids is 1. The van der Waals surface area contributed by atoms with Gasteiger partial charge in [-0.1, -0.05) is 37.9 Å². The average Bonchev–Trinajstić information content (AvgIpc) is 3.58. The van der Waals surface area contributed by atoms with Crippen LogP contribution in [0.2, 0.25) is 0 Å². The molecule has 0 aliphatic rings. The number of thiazole rings is 1. The average molecular weight is 486 g/mol. The third-order valence-electron chi connectivity index (χ3n) is 4.88. The van der Waals surface area contributed by atoms with E-state index < -0.39 is 0 Å². The fourth-order valence-electron chi connectivity index (χ4n) is 3.20. The van der Waals surface area contributed by atoms with Gasteiger partial charge in [0, 0.05) is 11.9 Å². The SMILES string of the molecule is CCCCCCNC(=O)c1csc(CSc2nnc(-c3ccco3)n2-c2ccc(F)cc2)n1. The van der Waals surface area contributed by atoms with Crippen LogP contribution in [0.25, 0.3) is 17.3 Å². The van der Waals surface area contributed by atoms with E-state index in [0.717, 1.165) is 23.5 Å². The topological polar surface area (TPSA) is 85.8 Å². The molecule has 0 radical (unpaired) electrons. The summed E-state index contributed by atoms with van der Waals surface area (Å²) in [7, 11) is 0. The minimum atomic E-state index is -0.320. The van der Waals surface area contributed by atoms with Gasteiger partial charge in [0.15, 0.2) is 10.9 Å². The van der Waals surface area contributed by atoms with Crippen LogP contribution in [0.3, 0.4) is 0 Å². The van der Waals surface area contributed by atoms with Crippen molar-refractivity contribution in [2.45, 2.75) is 43.5 Å². The van der Waals surface area contributed by atoms with E-state index in [-0.39, 0.29) is 11.7 Å². The van der Waals surface area contributed by atoms with Crippen molar-refractivity contribution >= 4 is 29.0 Å². The molecule has 1 aromatic carbocycles. The Balaban J connectivity index is 1.45. The van der Waals surface area contributed by atoms with Gasteiger partial charge in [0.05, 0.1) is 17.7 Å². The number of benzene rings is 1. The van der Waals surface area contributed by atoms with Crippen molar-refractivity contribution in [1.29, 1.82) is 0 Å². The summed E-state index contributed by atoms with van der Waals surface area (Å²) in [4.78, 5) is 16.8. The molecule has 0 aliphatic heterocycles. The molecule has 0 atom stereocenters. The molecule has 0 saturated carbocycles. The molecule has 3 aromatic heterocycles. The van der Waals surface area contributed by atoms with Crippen molar-refractivity contribution in [3.63, 3.8) is 0 Å². The second-order valence-corrected chi connectivity index (χ2v) is 9.21. The van der Waals surface area contributed by atoms with Crippen molar-refractivity contribution in [2.75, 3.05) is 6.54 Å². The highest BCUT2D eigenvalue weighted by atomic mass is 32.2. The van der Waals surface area contributed by atoms with Crippen molar-refractivity contribution in [3.8, 4) is 17.3 Å². The first-order valence-electron chi connectivity index (χ1n) is 10.8. The van der Waals surface area contributed by atoms with E-state index >= 15 is 0 Å². The zero-order valence-electron chi connectivity index (χ0n) is 18.2. The summed E-state index contributed by atoms with van der Waals surface area (Å²) in [5.74, 6) is 1.14. The third kappa shape index (κ3) is 5.88. The third-order valence-corrected chi connectivity index (χ3v) is 6.86. The van der Waals surface area contributed by atoms with Crippen LogP contribution in [0, 0.1) is 5.82 Å². The van der Waals surface area contributed by atoms with Gasteiger partial charge in [-0.25, -0.2) is 9.37 Å². The molecule has 0 bridgehead atoms. The maximum atomic E-state index is 13.5. The number of thioether (sulfide) groups is 1. The van der Waals surface area contributed by atoms with Gasteiger partial charge in [0.1, 0.15) is 16.5 Å². The first-order chi connectivity index (χ1) is 16.2. The lowest BCUT2D eigenvalue weighted by molar-refractivity contribution is 0.0948. The Morgan fingerprint density at radius 1 is 1.18 bits per heavy atom. The lowest BCUT2D eigenvalue weighted by Crippen LogP contribution is -2.24. The van der Waals surface area contributed by atoms with E-state index in [2.05, 4.69) is 27.4 Å². The van der Waals surface area contributed by atoms with E-state index in [0.29, 0.717) is 34.7 Å². The van der Waals surface area contributed by atoms with Crippen molar-refractivity contribution in [2.24, 2.45) is 0 Å². The van der Waals surface area contributed by atoms with Gasteiger partial charge in [-0.2, -0.15) is 0 Å². The molecule has 172 valence electrons. The van der Waals surface area contributed by atoms with Crippen molar-refractivity contribution in [3.05, 3.63) is 64.6 Å². The number of hydrogen-bond acceptors (Lipinski definition) is 7. The van der Waals surface area contributed by atoms with Crippen LogP contribution in [-0.2, 0) is 5.75 Å². The largest absolute Gasteiger partial charge is 0.461 e. The zero-order valence-corrected chi connectivity index (χ0v) is 19.8. The molecule has 0 aliphatic carbocycles. The number of halogens is 1. The van der Waals surface area contributed by atoms with E-state index in [1.54, 1.807) is 35.9 Å². The molecule has 1 N–H and O–H groups in total. The Bertz CT molecular complexity index is 1170. The van der Waals surface area contributed by atoms with Gasteiger partial charge in [0.2, 0.25) is 5.82 Å². The predicted octanol–water partition coefficient (Wildman–Crippen LogP) is 5.73. The van der Waals surface area contributed by atoms with Gasteiger partial charge < -0.3 is 9.73 Å². The molecule has 0 fully saturated rings. The van der Waals surface area contributed by atoms with Crippen LogP contribution in [0.5, 0.6) is 0 Å². The molecule has 0 saturated heterocycles. The monoisotopic (exact) mass is 485 g/mol. The number of furan rings is 1.